The average molecular weight is 263 g/mol. The highest BCUT2D eigenvalue weighted by molar-refractivity contribution is 5.92. The first-order chi connectivity index (χ1) is 8.90. The third-order valence-corrected chi connectivity index (χ3v) is 2.54. The van der Waals surface area contributed by atoms with Gasteiger partial charge in [0.1, 0.15) is 6.54 Å². The number of primary amides is 1. The molecule has 1 amide bonds. The van der Waals surface area contributed by atoms with Crippen LogP contribution in [0.2, 0.25) is 0 Å². The molecule has 0 aliphatic heterocycles. The van der Waals surface area contributed by atoms with Gasteiger partial charge in [0.2, 0.25) is 5.91 Å². The largest absolute Gasteiger partial charge is 0.478 e. The molecule has 98 valence electrons. The fraction of sp³-hybridized carbons (Fsp3) is 0.0909. The number of carboxylic acids is 1. The van der Waals surface area contributed by atoms with Gasteiger partial charge in [-0.15, -0.1) is 0 Å². The minimum atomic E-state index is -1.18. The molecule has 0 radical (unpaired) electrons. The second-order valence-corrected chi connectivity index (χ2v) is 3.85. The third-order valence-electron chi connectivity index (χ3n) is 2.54. The van der Waals surface area contributed by atoms with Crippen molar-refractivity contribution in [1.29, 1.82) is 0 Å². The van der Waals surface area contributed by atoms with Gasteiger partial charge in [0.25, 0.3) is 5.56 Å². The Bertz CT molecular complexity index is 802. The van der Waals surface area contributed by atoms with E-state index in [0.717, 1.165) is 0 Å². The van der Waals surface area contributed by atoms with E-state index >= 15 is 0 Å². The van der Waals surface area contributed by atoms with E-state index in [0.29, 0.717) is 4.57 Å². The van der Waals surface area contributed by atoms with Gasteiger partial charge in [0.05, 0.1) is 16.5 Å². The number of carbonyl (C=O) groups excluding carboxylic acids is 1. The molecule has 0 spiro atoms. The highest BCUT2D eigenvalue weighted by atomic mass is 16.4. The number of nitrogens with one attached hydrogen (secondary N) is 1. The summed E-state index contributed by atoms with van der Waals surface area (Å²) in [6, 6.07) is 3.68. The Kier molecular flexibility index (Phi) is 2.91. The van der Waals surface area contributed by atoms with Crippen molar-refractivity contribution in [2.24, 2.45) is 5.73 Å². The summed E-state index contributed by atoms with van der Waals surface area (Å²) in [7, 11) is 0. The van der Waals surface area contributed by atoms with Crippen molar-refractivity contribution in [3.05, 3.63) is 44.6 Å². The Morgan fingerprint density at radius 3 is 2.58 bits per heavy atom. The SMILES string of the molecule is NC(=O)Cn1c(=O)[nH]c2cc(C(=O)O)ccc2c1=O. The minimum Gasteiger partial charge on any atom is -0.478 e. The molecule has 0 bridgehead atoms. The van der Waals surface area contributed by atoms with E-state index in [-0.39, 0.29) is 16.5 Å². The molecule has 1 heterocycles. The van der Waals surface area contributed by atoms with Gasteiger partial charge >= 0.3 is 11.7 Å². The zero-order chi connectivity index (χ0) is 14.2. The molecule has 1 aromatic heterocycles. The fourth-order valence-corrected chi connectivity index (χ4v) is 1.69. The maximum Gasteiger partial charge on any atom is 0.335 e. The molecule has 4 N–H and O–H groups in total. The number of hydrogen-bond donors (Lipinski definition) is 3. The van der Waals surface area contributed by atoms with Gasteiger partial charge in [-0.2, -0.15) is 0 Å². The van der Waals surface area contributed by atoms with Crippen molar-refractivity contribution in [3.8, 4) is 0 Å². The highest BCUT2D eigenvalue weighted by Crippen LogP contribution is 2.08. The Balaban J connectivity index is 2.77. The number of H-pyrrole nitrogens is 1. The van der Waals surface area contributed by atoms with Gasteiger partial charge in [0.15, 0.2) is 0 Å². The lowest BCUT2D eigenvalue weighted by Gasteiger charge is -2.04. The summed E-state index contributed by atoms with van der Waals surface area (Å²) in [5.41, 5.74) is 3.45. The van der Waals surface area contributed by atoms with E-state index in [9.17, 15) is 19.2 Å². The van der Waals surface area contributed by atoms with E-state index in [1.54, 1.807) is 0 Å². The number of aromatic amines is 1. The van der Waals surface area contributed by atoms with Crippen molar-refractivity contribution in [3.63, 3.8) is 0 Å². The number of aromatic carboxylic acids is 1. The smallest absolute Gasteiger partial charge is 0.335 e. The van der Waals surface area contributed by atoms with Gasteiger partial charge in [0, 0.05) is 0 Å². The fourth-order valence-electron chi connectivity index (χ4n) is 1.69. The lowest BCUT2D eigenvalue weighted by atomic mass is 10.1. The maximum absolute atomic E-state index is 12.0. The molecular formula is C11H9N3O5. The molecular weight excluding hydrogens is 254 g/mol. The molecule has 0 fully saturated rings. The first-order valence-corrected chi connectivity index (χ1v) is 5.18. The first kappa shape index (κ1) is 12.6. The summed E-state index contributed by atoms with van der Waals surface area (Å²) in [4.78, 5) is 47.5. The molecule has 0 atom stereocenters. The van der Waals surface area contributed by atoms with E-state index in [2.05, 4.69) is 4.98 Å². The zero-order valence-electron chi connectivity index (χ0n) is 9.54. The predicted molar refractivity (Wildman–Crippen MR) is 65.0 cm³/mol. The third kappa shape index (κ3) is 2.23. The van der Waals surface area contributed by atoms with Crippen LogP contribution in [0.5, 0.6) is 0 Å². The van der Waals surface area contributed by atoms with Crippen molar-refractivity contribution >= 4 is 22.8 Å². The van der Waals surface area contributed by atoms with Crippen LogP contribution in [0.15, 0.2) is 27.8 Å². The summed E-state index contributed by atoms with van der Waals surface area (Å²) in [5, 5.41) is 8.92. The number of nitrogens with zero attached hydrogens (tertiary/aromatic N) is 1. The Hall–Kier alpha value is -2.90. The van der Waals surface area contributed by atoms with Crippen molar-refractivity contribution in [2.75, 3.05) is 0 Å². The topological polar surface area (TPSA) is 135 Å². The Morgan fingerprint density at radius 1 is 1.32 bits per heavy atom. The zero-order valence-corrected chi connectivity index (χ0v) is 9.54. The number of carbonyl (C=O) groups is 2. The molecule has 0 aliphatic carbocycles. The summed E-state index contributed by atoms with van der Waals surface area (Å²) < 4.78 is 0.658. The summed E-state index contributed by atoms with van der Waals surface area (Å²) >= 11 is 0. The molecule has 2 aromatic rings. The molecule has 2 rings (SSSR count). The number of amides is 1. The predicted octanol–water partition coefficient (Wildman–Crippen LogP) is -1.13. The average Bonchev–Trinajstić information content (AvgIpc) is 2.33. The number of hydrogen-bond acceptors (Lipinski definition) is 4. The molecule has 0 aliphatic rings. The van der Waals surface area contributed by atoms with Crippen LogP contribution in [0.1, 0.15) is 10.4 Å². The van der Waals surface area contributed by atoms with Gasteiger partial charge in [-0.3, -0.25) is 14.2 Å². The van der Waals surface area contributed by atoms with Crippen LogP contribution in [0.3, 0.4) is 0 Å². The number of aromatic nitrogens is 2. The quantitative estimate of drug-likeness (QED) is 0.644. The molecule has 19 heavy (non-hydrogen) atoms. The van der Waals surface area contributed by atoms with Crippen LogP contribution in [0.25, 0.3) is 10.9 Å². The number of carboxylic acid groups (broad SMARTS) is 1. The second-order valence-electron chi connectivity index (χ2n) is 3.85. The molecule has 0 saturated heterocycles. The number of fused-ring (bicyclic) bond motifs is 1. The van der Waals surface area contributed by atoms with Gasteiger partial charge in [-0.1, -0.05) is 0 Å². The van der Waals surface area contributed by atoms with Crippen molar-refractivity contribution in [1.82, 2.24) is 9.55 Å². The lowest BCUT2D eigenvalue weighted by Crippen LogP contribution is -2.39. The van der Waals surface area contributed by atoms with E-state index in [1.807, 2.05) is 0 Å². The second kappa shape index (κ2) is 4.41. The Labute approximate surface area is 105 Å². The Morgan fingerprint density at radius 2 is 2.00 bits per heavy atom. The van der Waals surface area contributed by atoms with Crippen LogP contribution in [-0.4, -0.2) is 26.5 Å². The molecule has 0 unspecified atom stereocenters. The van der Waals surface area contributed by atoms with Gasteiger partial charge < -0.3 is 15.8 Å². The monoisotopic (exact) mass is 263 g/mol. The molecule has 1 aromatic carbocycles. The van der Waals surface area contributed by atoms with Crippen molar-refractivity contribution < 1.29 is 14.7 Å². The first-order valence-electron chi connectivity index (χ1n) is 5.18. The number of rotatable bonds is 3. The van der Waals surface area contributed by atoms with Crippen LogP contribution >= 0.6 is 0 Å². The van der Waals surface area contributed by atoms with Crippen LogP contribution in [0.4, 0.5) is 0 Å². The molecule has 0 saturated carbocycles. The number of nitrogens with two attached hydrogens (primary N) is 1. The maximum atomic E-state index is 12.0. The molecule has 8 nitrogen and oxygen atoms in total. The van der Waals surface area contributed by atoms with Gasteiger partial charge in [-0.05, 0) is 18.2 Å². The standard InChI is InChI=1S/C11H9N3O5/c12-8(15)4-14-9(16)6-2-1-5(10(17)18)3-7(6)13-11(14)19/h1-3H,4H2,(H2,12,15)(H,13,19)(H,17,18). The van der Waals surface area contributed by atoms with E-state index in [1.165, 1.54) is 18.2 Å². The summed E-state index contributed by atoms with van der Waals surface area (Å²) in [6.45, 7) is -0.537. The van der Waals surface area contributed by atoms with Crippen LogP contribution in [-0.2, 0) is 11.3 Å². The van der Waals surface area contributed by atoms with E-state index < -0.39 is 29.7 Å². The lowest BCUT2D eigenvalue weighted by molar-refractivity contribution is -0.118. The van der Waals surface area contributed by atoms with Crippen LogP contribution < -0.4 is 17.0 Å². The summed E-state index contributed by atoms with van der Waals surface area (Å²) in [5.74, 6) is -2.00. The van der Waals surface area contributed by atoms with E-state index in [4.69, 9.17) is 10.8 Å². The molecule has 8 heteroatoms. The summed E-state index contributed by atoms with van der Waals surface area (Å²) in [6.07, 6.45) is 0. The highest BCUT2D eigenvalue weighted by Gasteiger charge is 2.11. The van der Waals surface area contributed by atoms with Gasteiger partial charge in [-0.25, -0.2) is 9.59 Å². The minimum absolute atomic E-state index is 0.0600. The number of benzene rings is 1. The van der Waals surface area contributed by atoms with Crippen LogP contribution in [0, 0.1) is 0 Å². The van der Waals surface area contributed by atoms with Crippen molar-refractivity contribution in [2.45, 2.75) is 6.54 Å². The normalized spacial score (nSPS) is 10.5.